The van der Waals surface area contributed by atoms with Crippen LogP contribution >= 0.6 is 22.6 Å². The molecule has 0 aromatic heterocycles. The van der Waals surface area contributed by atoms with Gasteiger partial charge in [-0.3, -0.25) is 14.4 Å². The van der Waals surface area contributed by atoms with Crippen molar-refractivity contribution in [2.75, 3.05) is 6.54 Å². The third kappa shape index (κ3) is 13.8. The standard InChI is InChI=1S/C21H30IN3O7/c22-15-6-4-14(5-7-15)13-23-10-2-1-3-16(11-19(28)29)24-21(32)25-17(12-20(30)31)8-9-18(26)27/h4-7,16-17,23H,1-3,8-13H2,(H,26,27)(H,28,29)(H,30,31)(H2,24,25,32)/t16-,17-/m0/s1. The molecule has 0 saturated heterocycles. The lowest BCUT2D eigenvalue weighted by Crippen LogP contribution is -2.47. The highest BCUT2D eigenvalue weighted by atomic mass is 127. The van der Waals surface area contributed by atoms with Crippen LogP contribution in [0.1, 0.15) is 50.5 Å². The molecule has 2 amide bonds. The highest BCUT2D eigenvalue weighted by molar-refractivity contribution is 14.1. The highest BCUT2D eigenvalue weighted by Crippen LogP contribution is 2.08. The van der Waals surface area contributed by atoms with E-state index in [4.69, 9.17) is 15.3 Å². The normalized spacial score (nSPS) is 12.5. The molecule has 0 aliphatic rings. The number of amides is 2. The number of halogens is 1. The van der Waals surface area contributed by atoms with Gasteiger partial charge in [0.15, 0.2) is 0 Å². The summed E-state index contributed by atoms with van der Waals surface area (Å²) in [5.41, 5.74) is 1.17. The minimum atomic E-state index is -1.17. The maximum absolute atomic E-state index is 12.2. The number of carbonyl (C=O) groups is 4. The Labute approximate surface area is 200 Å². The van der Waals surface area contributed by atoms with Crippen molar-refractivity contribution in [3.63, 3.8) is 0 Å². The number of hydrogen-bond acceptors (Lipinski definition) is 5. The van der Waals surface area contributed by atoms with Crippen molar-refractivity contribution in [3.05, 3.63) is 33.4 Å². The third-order valence-corrected chi connectivity index (χ3v) is 5.34. The Hall–Kier alpha value is -2.41. The van der Waals surface area contributed by atoms with Gasteiger partial charge in [0.05, 0.1) is 12.8 Å². The van der Waals surface area contributed by atoms with Crippen LogP contribution in [0.25, 0.3) is 0 Å². The number of carbonyl (C=O) groups excluding carboxylic acids is 1. The van der Waals surface area contributed by atoms with Crippen LogP contribution < -0.4 is 16.0 Å². The zero-order chi connectivity index (χ0) is 23.9. The van der Waals surface area contributed by atoms with Crippen molar-refractivity contribution in [1.82, 2.24) is 16.0 Å². The van der Waals surface area contributed by atoms with E-state index in [9.17, 15) is 19.2 Å². The van der Waals surface area contributed by atoms with E-state index >= 15 is 0 Å². The average molecular weight is 563 g/mol. The first-order valence-electron chi connectivity index (χ1n) is 10.3. The fourth-order valence-corrected chi connectivity index (χ4v) is 3.42. The quantitative estimate of drug-likeness (QED) is 0.132. The predicted octanol–water partition coefficient (Wildman–Crippen LogP) is 2.40. The molecule has 11 heteroatoms. The van der Waals surface area contributed by atoms with Crippen LogP contribution in [0.2, 0.25) is 0 Å². The summed E-state index contributed by atoms with van der Waals surface area (Å²) in [5, 5.41) is 35.1. The zero-order valence-electron chi connectivity index (χ0n) is 17.7. The molecule has 1 aromatic rings. The number of urea groups is 1. The van der Waals surface area contributed by atoms with Gasteiger partial charge in [-0.05, 0) is 66.1 Å². The SMILES string of the molecule is O=C(O)CC[C@@H](CC(=O)O)NC(=O)N[C@@H](CCCCNCc1ccc(I)cc1)CC(=O)O. The van der Waals surface area contributed by atoms with Gasteiger partial charge in [0.1, 0.15) is 0 Å². The number of benzene rings is 1. The van der Waals surface area contributed by atoms with Crippen LogP contribution in [-0.2, 0) is 20.9 Å². The number of aliphatic carboxylic acids is 3. The van der Waals surface area contributed by atoms with Crippen LogP contribution in [-0.4, -0.2) is 57.9 Å². The lowest BCUT2D eigenvalue weighted by molar-refractivity contribution is -0.139. The van der Waals surface area contributed by atoms with E-state index in [1.165, 1.54) is 9.13 Å². The summed E-state index contributed by atoms with van der Waals surface area (Å²) in [4.78, 5) is 45.0. The second-order valence-electron chi connectivity index (χ2n) is 7.44. The Kier molecular flexibility index (Phi) is 13.3. The van der Waals surface area contributed by atoms with Crippen molar-refractivity contribution >= 4 is 46.5 Å². The number of rotatable bonds is 16. The second kappa shape index (κ2) is 15.4. The van der Waals surface area contributed by atoms with Gasteiger partial charge in [-0.25, -0.2) is 4.79 Å². The Morgan fingerprint density at radius 1 is 0.812 bits per heavy atom. The summed E-state index contributed by atoms with van der Waals surface area (Å²) in [6.07, 6.45) is 0.929. The highest BCUT2D eigenvalue weighted by Gasteiger charge is 2.20. The molecule has 1 aromatic carbocycles. The second-order valence-corrected chi connectivity index (χ2v) is 8.68. The van der Waals surface area contributed by atoms with Crippen molar-refractivity contribution in [3.8, 4) is 0 Å². The van der Waals surface area contributed by atoms with Gasteiger partial charge < -0.3 is 31.3 Å². The minimum absolute atomic E-state index is 0.0368. The largest absolute Gasteiger partial charge is 0.481 e. The molecule has 2 atom stereocenters. The molecule has 10 nitrogen and oxygen atoms in total. The number of unbranched alkanes of at least 4 members (excludes halogenated alkanes) is 1. The fraction of sp³-hybridized carbons (Fsp3) is 0.524. The summed E-state index contributed by atoms with van der Waals surface area (Å²) >= 11 is 2.25. The molecule has 0 heterocycles. The van der Waals surface area contributed by atoms with Gasteiger partial charge in [0.25, 0.3) is 0 Å². The van der Waals surface area contributed by atoms with Crippen LogP contribution in [0.15, 0.2) is 24.3 Å². The smallest absolute Gasteiger partial charge is 0.315 e. The summed E-state index contributed by atoms with van der Waals surface area (Å²) in [6, 6.07) is 5.99. The van der Waals surface area contributed by atoms with Crippen molar-refractivity contribution in [2.45, 2.75) is 63.6 Å². The van der Waals surface area contributed by atoms with Gasteiger partial charge >= 0.3 is 23.9 Å². The monoisotopic (exact) mass is 563 g/mol. The summed E-state index contributed by atoms with van der Waals surface area (Å²) in [7, 11) is 0. The maximum Gasteiger partial charge on any atom is 0.315 e. The van der Waals surface area contributed by atoms with Gasteiger partial charge in [-0.1, -0.05) is 18.6 Å². The lowest BCUT2D eigenvalue weighted by atomic mass is 10.1. The Balaban J connectivity index is 2.41. The van der Waals surface area contributed by atoms with Crippen LogP contribution in [0, 0.1) is 3.57 Å². The molecule has 0 radical (unpaired) electrons. The Bertz CT molecular complexity index is 758. The van der Waals surface area contributed by atoms with E-state index in [0.717, 1.165) is 19.5 Å². The van der Waals surface area contributed by atoms with E-state index in [0.29, 0.717) is 12.8 Å². The van der Waals surface area contributed by atoms with E-state index in [1.807, 2.05) is 24.3 Å². The Morgan fingerprint density at radius 2 is 1.38 bits per heavy atom. The number of carboxylic acid groups (broad SMARTS) is 3. The maximum atomic E-state index is 12.2. The third-order valence-electron chi connectivity index (χ3n) is 4.62. The first kappa shape index (κ1) is 27.6. The van der Waals surface area contributed by atoms with E-state index < -0.39 is 42.4 Å². The first-order chi connectivity index (χ1) is 15.2. The molecule has 0 bridgehead atoms. The topological polar surface area (TPSA) is 165 Å². The van der Waals surface area contributed by atoms with Crippen LogP contribution in [0.4, 0.5) is 4.79 Å². The minimum Gasteiger partial charge on any atom is -0.481 e. The number of nitrogens with one attached hydrogen (secondary N) is 3. The van der Waals surface area contributed by atoms with Gasteiger partial charge in [0, 0.05) is 28.6 Å². The molecule has 6 N–H and O–H groups in total. The summed E-state index contributed by atoms with van der Waals surface area (Å²) in [5.74, 6) is -3.32. The molecule has 1 rings (SSSR count). The molecular weight excluding hydrogens is 533 g/mol. The number of carboxylic acids is 3. The van der Waals surface area contributed by atoms with E-state index in [1.54, 1.807) is 0 Å². The molecule has 32 heavy (non-hydrogen) atoms. The van der Waals surface area contributed by atoms with Crippen LogP contribution in [0.5, 0.6) is 0 Å². The Morgan fingerprint density at radius 3 is 1.91 bits per heavy atom. The predicted molar refractivity (Wildman–Crippen MR) is 125 cm³/mol. The van der Waals surface area contributed by atoms with Crippen molar-refractivity contribution in [1.29, 1.82) is 0 Å². The molecule has 0 saturated carbocycles. The molecule has 178 valence electrons. The van der Waals surface area contributed by atoms with Crippen molar-refractivity contribution < 1.29 is 34.5 Å². The van der Waals surface area contributed by atoms with Crippen molar-refractivity contribution in [2.24, 2.45) is 0 Å². The van der Waals surface area contributed by atoms with Gasteiger partial charge in [0.2, 0.25) is 0 Å². The fourth-order valence-electron chi connectivity index (χ4n) is 3.06. The average Bonchev–Trinajstić information content (AvgIpc) is 2.69. The molecule has 0 aliphatic heterocycles. The molecular formula is C21H30IN3O7. The summed E-state index contributed by atoms with van der Waals surface area (Å²) < 4.78 is 1.17. The molecule has 0 unspecified atom stereocenters. The van der Waals surface area contributed by atoms with E-state index in [2.05, 4.69) is 38.5 Å². The van der Waals surface area contributed by atoms with Gasteiger partial charge in [-0.15, -0.1) is 0 Å². The van der Waals surface area contributed by atoms with Crippen LogP contribution in [0.3, 0.4) is 0 Å². The van der Waals surface area contributed by atoms with Gasteiger partial charge in [-0.2, -0.15) is 0 Å². The summed E-state index contributed by atoms with van der Waals surface area (Å²) in [6.45, 7) is 1.48. The molecule has 0 fully saturated rings. The zero-order valence-corrected chi connectivity index (χ0v) is 19.8. The number of hydrogen-bond donors (Lipinski definition) is 6. The lowest BCUT2D eigenvalue weighted by Gasteiger charge is -2.21. The molecule has 0 aliphatic carbocycles. The van der Waals surface area contributed by atoms with E-state index in [-0.39, 0.29) is 19.3 Å². The first-order valence-corrected chi connectivity index (χ1v) is 11.4. The molecule has 0 spiro atoms.